The third-order valence-electron chi connectivity index (χ3n) is 3.96. The molecule has 1 N–H and O–H groups in total. The number of carbonyl (C=O) groups excluding carboxylic acids is 2. The minimum atomic E-state index is -0.792. The van der Waals surface area contributed by atoms with E-state index in [1.165, 1.54) is 18.0 Å². The lowest BCUT2D eigenvalue weighted by atomic mass is 10.1. The fourth-order valence-electron chi connectivity index (χ4n) is 2.42. The molecule has 2 aromatic carbocycles. The first-order valence-electron chi connectivity index (χ1n) is 8.15. The van der Waals surface area contributed by atoms with Crippen LogP contribution in [0.5, 0.6) is 5.75 Å². The highest BCUT2D eigenvalue weighted by atomic mass is 79.9. The summed E-state index contributed by atoms with van der Waals surface area (Å²) in [5.41, 5.74) is 0.314. The number of hydrogen-bond donors (Lipinski definition) is 1. The van der Waals surface area contributed by atoms with Crippen molar-refractivity contribution in [3.63, 3.8) is 0 Å². The molecule has 144 valence electrons. The van der Waals surface area contributed by atoms with Gasteiger partial charge in [-0.05, 0) is 47.1 Å². The molecule has 0 aliphatic rings. The Labute approximate surface area is 170 Å². The number of rotatable bonds is 7. The van der Waals surface area contributed by atoms with Crippen molar-refractivity contribution in [3.05, 3.63) is 63.3 Å². The van der Waals surface area contributed by atoms with Crippen molar-refractivity contribution in [1.29, 1.82) is 0 Å². The van der Waals surface area contributed by atoms with Gasteiger partial charge in [0, 0.05) is 24.2 Å². The molecule has 0 aliphatic heterocycles. The van der Waals surface area contributed by atoms with Crippen molar-refractivity contribution in [2.45, 2.75) is 19.5 Å². The summed E-state index contributed by atoms with van der Waals surface area (Å²) in [7, 11) is 1.48. The zero-order chi connectivity index (χ0) is 20.0. The van der Waals surface area contributed by atoms with Crippen molar-refractivity contribution in [3.8, 4) is 5.75 Å². The Balaban J connectivity index is 2.17. The van der Waals surface area contributed by atoms with Gasteiger partial charge in [0.15, 0.2) is 6.61 Å². The first-order chi connectivity index (χ1) is 12.8. The molecule has 0 fully saturated rings. The molecule has 2 amide bonds. The largest absolute Gasteiger partial charge is 0.483 e. The summed E-state index contributed by atoms with van der Waals surface area (Å²) < 4.78 is 20.2. The van der Waals surface area contributed by atoms with E-state index in [-0.39, 0.29) is 19.1 Å². The van der Waals surface area contributed by atoms with Crippen LogP contribution >= 0.6 is 27.5 Å². The van der Waals surface area contributed by atoms with Gasteiger partial charge in [0.05, 0.1) is 4.47 Å². The van der Waals surface area contributed by atoms with Crippen molar-refractivity contribution in [2.24, 2.45) is 0 Å². The zero-order valence-electron chi connectivity index (χ0n) is 14.8. The predicted octanol–water partition coefficient (Wildman–Crippen LogP) is 3.78. The Morgan fingerprint density at radius 3 is 2.63 bits per heavy atom. The topological polar surface area (TPSA) is 58.6 Å². The first-order valence-corrected chi connectivity index (χ1v) is 9.33. The van der Waals surface area contributed by atoms with Gasteiger partial charge in [-0.25, -0.2) is 4.39 Å². The number of ether oxygens (including phenoxy) is 1. The van der Waals surface area contributed by atoms with Crippen LogP contribution in [-0.2, 0) is 16.1 Å². The van der Waals surface area contributed by atoms with Gasteiger partial charge in [-0.3, -0.25) is 9.59 Å². The second kappa shape index (κ2) is 9.71. The van der Waals surface area contributed by atoms with E-state index in [9.17, 15) is 14.0 Å². The maximum atomic E-state index is 14.0. The molecule has 1 unspecified atom stereocenters. The molecule has 0 radical (unpaired) electrons. The second-order valence-electron chi connectivity index (χ2n) is 5.77. The molecule has 2 rings (SSSR count). The maximum absolute atomic E-state index is 14.0. The van der Waals surface area contributed by atoms with Crippen LogP contribution in [0.3, 0.4) is 0 Å². The molecule has 1 atom stereocenters. The van der Waals surface area contributed by atoms with Crippen molar-refractivity contribution < 1.29 is 18.7 Å². The van der Waals surface area contributed by atoms with E-state index < -0.39 is 17.8 Å². The Bertz CT molecular complexity index is 834. The number of likely N-dealkylation sites (N-methyl/N-ethyl adjacent to an activating group) is 1. The van der Waals surface area contributed by atoms with Gasteiger partial charge in [0.1, 0.15) is 17.6 Å². The molecule has 0 spiro atoms. The highest BCUT2D eigenvalue weighted by Crippen LogP contribution is 2.28. The zero-order valence-corrected chi connectivity index (χ0v) is 17.2. The van der Waals surface area contributed by atoms with Gasteiger partial charge in [0.2, 0.25) is 5.91 Å². The Hall–Kier alpha value is -2.12. The molecular weight excluding hydrogens is 439 g/mol. The maximum Gasteiger partial charge on any atom is 0.261 e. The molecule has 27 heavy (non-hydrogen) atoms. The number of hydrogen-bond acceptors (Lipinski definition) is 3. The van der Waals surface area contributed by atoms with E-state index in [4.69, 9.17) is 16.3 Å². The van der Waals surface area contributed by atoms with Gasteiger partial charge in [-0.1, -0.05) is 29.8 Å². The average Bonchev–Trinajstić information content (AvgIpc) is 2.65. The number of nitrogens with zero attached hydrogens (tertiary/aromatic N) is 1. The van der Waals surface area contributed by atoms with Gasteiger partial charge in [-0.2, -0.15) is 0 Å². The van der Waals surface area contributed by atoms with Gasteiger partial charge in [-0.15, -0.1) is 0 Å². The highest BCUT2D eigenvalue weighted by molar-refractivity contribution is 9.10. The van der Waals surface area contributed by atoms with E-state index in [0.29, 0.717) is 20.8 Å². The lowest BCUT2D eigenvalue weighted by Crippen LogP contribution is -2.48. The summed E-state index contributed by atoms with van der Waals surface area (Å²) in [6.07, 6.45) is 0. The average molecular weight is 458 g/mol. The predicted molar refractivity (Wildman–Crippen MR) is 105 cm³/mol. The number of nitrogens with one attached hydrogen (secondary N) is 1. The molecule has 5 nitrogen and oxygen atoms in total. The highest BCUT2D eigenvalue weighted by Gasteiger charge is 2.26. The molecule has 0 aromatic heterocycles. The monoisotopic (exact) mass is 456 g/mol. The van der Waals surface area contributed by atoms with Crippen LogP contribution < -0.4 is 10.1 Å². The summed E-state index contributed by atoms with van der Waals surface area (Å²) >= 11 is 9.20. The van der Waals surface area contributed by atoms with E-state index in [0.717, 1.165) is 0 Å². The molecule has 0 saturated heterocycles. The normalized spacial score (nSPS) is 11.6. The number of halogens is 3. The number of carbonyl (C=O) groups is 2. The van der Waals surface area contributed by atoms with Gasteiger partial charge < -0.3 is 15.0 Å². The lowest BCUT2D eigenvalue weighted by molar-refractivity contribution is -0.142. The molecule has 0 aliphatic carbocycles. The number of benzene rings is 2. The van der Waals surface area contributed by atoms with E-state index in [1.807, 2.05) is 0 Å². The van der Waals surface area contributed by atoms with Gasteiger partial charge in [0.25, 0.3) is 5.91 Å². The van der Waals surface area contributed by atoms with E-state index in [2.05, 4.69) is 21.2 Å². The summed E-state index contributed by atoms with van der Waals surface area (Å²) in [6, 6.07) is 10.2. The molecule has 2 aromatic rings. The standard InChI is InChI=1S/C19H19BrClFN2O3/c1-12(19(26)23-2)24(10-13-5-3-4-6-16(13)22)18(25)11-27-17-8-7-14(21)9-15(17)20/h3-9,12H,10-11H2,1-2H3,(H,23,26). The Morgan fingerprint density at radius 2 is 2.00 bits per heavy atom. The molecule has 0 heterocycles. The van der Waals surface area contributed by atoms with E-state index in [1.54, 1.807) is 43.3 Å². The van der Waals surface area contributed by atoms with Crippen molar-refractivity contribution in [2.75, 3.05) is 13.7 Å². The SMILES string of the molecule is CNC(=O)C(C)N(Cc1ccccc1F)C(=O)COc1ccc(Cl)cc1Br. The summed E-state index contributed by atoms with van der Waals surface area (Å²) in [5, 5.41) is 3.02. The second-order valence-corrected chi connectivity index (χ2v) is 7.06. The minimum Gasteiger partial charge on any atom is -0.483 e. The van der Waals surface area contributed by atoms with Crippen LogP contribution in [0.2, 0.25) is 5.02 Å². The third-order valence-corrected chi connectivity index (χ3v) is 4.81. The fraction of sp³-hybridized carbons (Fsp3) is 0.263. The molecular formula is C19H19BrClFN2O3. The van der Waals surface area contributed by atoms with Crippen LogP contribution in [0, 0.1) is 5.82 Å². The quantitative estimate of drug-likeness (QED) is 0.688. The molecule has 8 heteroatoms. The Kier molecular flexibility index (Phi) is 7.62. The van der Waals surface area contributed by atoms with Crippen LogP contribution in [0.4, 0.5) is 4.39 Å². The lowest BCUT2D eigenvalue weighted by Gasteiger charge is -2.28. The van der Waals surface area contributed by atoms with Crippen molar-refractivity contribution >= 4 is 39.3 Å². The first kappa shape index (κ1) is 21.2. The summed E-state index contributed by atoms with van der Waals surface area (Å²) in [5.74, 6) is -0.810. The van der Waals surface area contributed by atoms with Crippen LogP contribution in [0.25, 0.3) is 0 Å². The van der Waals surface area contributed by atoms with Gasteiger partial charge >= 0.3 is 0 Å². The van der Waals surface area contributed by atoms with E-state index >= 15 is 0 Å². The summed E-state index contributed by atoms with van der Waals surface area (Å²) in [6.45, 7) is 1.22. The van der Waals surface area contributed by atoms with Crippen LogP contribution in [-0.4, -0.2) is 36.4 Å². The smallest absolute Gasteiger partial charge is 0.261 e. The summed E-state index contributed by atoms with van der Waals surface area (Å²) in [4.78, 5) is 26.0. The van der Waals surface area contributed by atoms with Crippen molar-refractivity contribution in [1.82, 2.24) is 10.2 Å². The Morgan fingerprint density at radius 1 is 1.30 bits per heavy atom. The fourth-order valence-corrected chi connectivity index (χ4v) is 3.21. The molecule has 0 saturated carbocycles. The van der Waals surface area contributed by atoms with Crippen LogP contribution in [0.1, 0.15) is 12.5 Å². The molecule has 0 bridgehead atoms. The van der Waals surface area contributed by atoms with Crippen LogP contribution in [0.15, 0.2) is 46.9 Å². The minimum absolute atomic E-state index is 0.0504. The number of amides is 2. The third kappa shape index (κ3) is 5.68.